The van der Waals surface area contributed by atoms with Gasteiger partial charge in [-0.15, -0.1) is 35.0 Å². The Morgan fingerprint density at radius 3 is 2.70 bits per heavy atom. The van der Waals surface area contributed by atoms with Gasteiger partial charge in [0, 0.05) is 30.4 Å². The van der Waals surface area contributed by atoms with Crippen molar-refractivity contribution in [2.45, 2.75) is 31.8 Å². The SMILES string of the molecule is COc1cncc(-c2cn(Cc3ccc(N4CCCC(C)(N)C4)nn3)nn2)c1.Cl.Cl. The third kappa shape index (κ3) is 5.56. The smallest absolute Gasteiger partial charge is 0.151 e. The van der Waals surface area contributed by atoms with Crippen LogP contribution in [0.3, 0.4) is 0 Å². The average Bonchev–Trinajstić information content (AvgIpc) is 3.16. The molecule has 0 bridgehead atoms. The Balaban J connectivity index is 0.00000160. The number of pyridine rings is 1. The first-order valence-electron chi connectivity index (χ1n) is 9.28. The van der Waals surface area contributed by atoms with E-state index in [2.05, 4.69) is 37.3 Å². The number of nitrogens with two attached hydrogens (primary N) is 1. The topological polar surface area (TPSA) is 108 Å². The average molecular weight is 453 g/mol. The van der Waals surface area contributed by atoms with Crippen molar-refractivity contribution in [2.24, 2.45) is 5.73 Å². The maximum atomic E-state index is 6.29. The second-order valence-corrected chi connectivity index (χ2v) is 7.48. The summed E-state index contributed by atoms with van der Waals surface area (Å²) in [5, 5.41) is 17.1. The van der Waals surface area contributed by atoms with Crippen molar-refractivity contribution in [3.63, 3.8) is 0 Å². The van der Waals surface area contributed by atoms with Crippen molar-refractivity contribution in [1.82, 2.24) is 30.2 Å². The van der Waals surface area contributed by atoms with Crippen LogP contribution in [0.1, 0.15) is 25.5 Å². The maximum absolute atomic E-state index is 6.29. The van der Waals surface area contributed by atoms with E-state index < -0.39 is 0 Å². The molecule has 11 heteroatoms. The van der Waals surface area contributed by atoms with Gasteiger partial charge in [0.2, 0.25) is 0 Å². The van der Waals surface area contributed by atoms with Crippen LogP contribution in [-0.2, 0) is 6.54 Å². The first-order valence-corrected chi connectivity index (χ1v) is 9.28. The molecule has 1 fully saturated rings. The van der Waals surface area contributed by atoms with Crippen molar-refractivity contribution in [1.29, 1.82) is 0 Å². The molecule has 162 valence electrons. The molecule has 1 saturated heterocycles. The Labute approximate surface area is 187 Å². The molecular weight excluding hydrogens is 427 g/mol. The maximum Gasteiger partial charge on any atom is 0.151 e. The van der Waals surface area contributed by atoms with Crippen LogP contribution in [0, 0.1) is 0 Å². The predicted molar refractivity (Wildman–Crippen MR) is 119 cm³/mol. The Bertz CT molecular complexity index is 948. The first-order chi connectivity index (χ1) is 13.5. The van der Waals surface area contributed by atoms with E-state index in [4.69, 9.17) is 10.5 Å². The molecule has 0 aliphatic carbocycles. The molecule has 0 saturated carbocycles. The number of halogens is 2. The highest BCUT2D eigenvalue weighted by Gasteiger charge is 2.27. The van der Waals surface area contributed by atoms with Crippen molar-refractivity contribution in [3.05, 3.63) is 42.5 Å². The van der Waals surface area contributed by atoms with E-state index >= 15 is 0 Å². The Hall–Kier alpha value is -2.49. The van der Waals surface area contributed by atoms with E-state index in [1.807, 2.05) is 24.4 Å². The van der Waals surface area contributed by atoms with E-state index in [-0.39, 0.29) is 30.4 Å². The molecule has 0 radical (unpaired) electrons. The number of hydrogen-bond donors (Lipinski definition) is 1. The van der Waals surface area contributed by atoms with Gasteiger partial charge in [-0.25, -0.2) is 4.68 Å². The monoisotopic (exact) mass is 452 g/mol. The summed E-state index contributed by atoms with van der Waals surface area (Å²) in [7, 11) is 1.61. The fraction of sp³-hybridized carbons (Fsp3) is 0.421. The van der Waals surface area contributed by atoms with Gasteiger partial charge in [-0.3, -0.25) is 4.98 Å². The zero-order chi connectivity index (χ0) is 19.6. The quantitative estimate of drug-likeness (QED) is 0.627. The van der Waals surface area contributed by atoms with E-state index in [9.17, 15) is 0 Å². The van der Waals surface area contributed by atoms with Gasteiger partial charge in [-0.05, 0) is 38.0 Å². The molecule has 0 amide bonds. The molecule has 4 rings (SSSR count). The lowest BCUT2D eigenvalue weighted by molar-refractivity contribution is 0.372. The van der Waals surface area contributed by atoms with Crippen LogP contribution in [0.25, 0.3) is 11.3 Å². The van der Waals surface area contributed by atoms with Crippen molar-refractivity contribution in [3.8, 4) is 17.0 Å². The zero-order valence-corrected chi connectivity index (χ0v) is 18.6. The number of anilines is 1. The number of ether oxygens (including phenoxy) is 1. The minimum absolute atomic E-state index is 0. The van der Waals surface area contributed by atoms with Crippen LogP contribution < -0.4 is 15.4 Å². The normalized spacial score (nSPS) is 18.3. The Kier molecular flexibility index (Phi) is 7.94. The summed E-state index contributed by atoms with van der Waals surface area (Å²) in [5.74, 6) is 1.54. The van der Waals surface area contributed by atoms with Crippen LogP contribution in [0.2, 0.25) is 0 Å². The minimum Gasteiger partial charge on any atom is -0.495 e. The number of methoxy groups -OCH3 is 1. The number of nitrogens with zero attached hydrogens (tertiary/aromatic N) is 7. The summed E-state index contributed by atoms with van der Waals surface area (Å²) in [6.07, 6.45) is 7.34. The van der Waals surface area contributed by atoms with E-state index in [1.165, 1.54) is 0 Å². The fourth-order valence-corrected chi connectivity index (χ4v) is 3.41. The molecule has 3 aromatic rings. The van der Waals surface area contributed by atoms with Gasteiger partial charge in [0.15, 0.2) is 5.82 Å². The number of hydrogen-bond acceptors (Lipinski definition) is 8. The molecular formula is C19H26Cl2N8O. The lowest BCUT2D eigenvalue weighted by atomic mass is 9.92. The lowest BCUT2D eigenvalue weighted by Crippen LogP contribution is -2.52. The molecule has 1 atom stereocenters. The molecule has 30 heavy (non-hydrogen) atoms. The van der Waals surface area contributed by atoms with Crippen LogP contribution in [0.15, 0.2) is 36.8 Å². The summed E-state index contributed by atoms with van der Waals surface area (Å²) in [6.45, 7) is 4.33. The van der Waals surface area contributed by atoms with Crippen LogP contribution in [-0.4, -0.2) is 55.9 Å². The molecule has 2 N–H and O–H groups in total. The number of aromatic nitrogens is 6. The second kappa shape index (κ2) is 10.0. The van der Waals surface area contributed by atoms with E-state index in [0.29, 0.717) is 12.3 Å². The van der Waals surface area contributed by atoms with Crippen LogP contribution in [0.4, 0.5) is 5.82 Å². The van der Waals surface area contributed by atoms with Gasteiger partial charge in [0.1, 0.15) is 11.4 Å². The van der Waals surface area contributed by atoms with Gasteiger partial charge in [-0.1, -0.05) is 5.21 Å². The number of piperidine rings is 1. The summed E-state index contributed by atoms with van der Waals surface area (Å²) in [5.41, 5.74) is 8.50. The molecule has 0 spiro atoms. The van der Waals surface area contributed by atoms with Gasteiger partial charge in [-0.2, -0.15) is 5.10 Å². The third-order valence-corrected chi connectivity index (χ3v) is 4.86. The summed E-state index contributed by atoms with van der Waals surface area (Å²) < 4.78 is 6.94. The van der Waals surface area contributed by atoms with Crippen LogP contribution >= 0.6 is 24.8 Å². The minimum atomic E-state index is -0.176. The van der Waals surface area contributed by atoms with Crippen molar-refractivity contribution in [2.75, 3.05) is 25.1 Å². The molecule has 1 unspecified atom stereocenters. The lowest BCUT2D eigenvalue weighted by Gasteiger charge is -2.38. The van der Waals surface area contributed by atoms with Gasteiger partial charge < -0.3 is 15.4 Å². The highest BCUT2D eigenvalue weighted by atomic mass is 35.5. The second-order valence-electron chi connectivity index (χ2n) is 7.48. The summed E-state index contributed by atoms with van der Waals surface area (Å²) in [6, 6.07) is 5.84. The van der Waals surface area contributed by atoms with E-state index in [0.717, 1.165) is 48.7 Å². The van der Waals surface area contributed by atoms with Crippen molar-refractivity contribution < 1.29 is 4.74 Å². The standard InChI is InChI=1S/C19H24N8O.2ClH/c1-19(20)6-3-7-26(13-19)18-5-4-15(22-24-18)11-27-12-17(23-25-27)14-8-16(28-2)10-21-9-14;;/h4-5,8-10,12H,3,6-7,11,13,20H2,1-2H3;2*1H. The summed E-state index contributed by atoms with van der Waals surface area (Å²) in [4.78, 5) is 6.35. The predicted octanol–water partition coefficient (Wildman–Crippen LogP) is 2.35. The summed E-state index contributed by atoms with van der Waals surface area (Å²) >= 11 is 0. The highest BCUT2D eigenvalue weighted by Crippen LogP contribution is 2.23. The largest absolute Gasteiger partial charge is 0.495 e. The zero-order valence-electron chi connectivity index (χ0n) is 16.9. The molecule has 4 heterocycles. The molecule has 0 aromatic carbocycles. The van der Waals surface area contributed by atoms with E-state index in [1.54, 1.807) is 24.2 Å². The fourth-order valence-electron chi connectivity index (χ4n) is 3.41. The van der Waals surface area contributed by atoms with Crippen LogP contribution in [0.5, 0.6) is 5.75 Å². The first kappa shape index (κ1) is 23.8. The van der Waals surface area contributed by atoms with Gasteiger partial charge in [0.25, 0.3) is 0 Å². The molecule has 9 nitrogen and oxygen atoms in total. The van der Waals surface area contributed by atoms with Gasteiger partial charge >= 0.3 is 0 Å². The Morgan fingerprint density at radius 1 is 1.17 bits per heavy atom. The highest BCUT2D eigenvalue weighted by molar-refractivity contribution is 5.85. The number of rotatable bonds is 5. The van der Waals surface area contributed by atoms with Crippen molar-refractivity contribution >= 4 is 30.6 Å². The van der Waals surface area contributed by atoms with Gasteiger partial charge in [0.05, 0.1) is 31.7 Å². The molecule has 1 aliphatic heterocycles. The Morgan fingerprint density at radius 2 is 2.00 bits per heavy atom. The third-order valence-electron chi connectivity index (χ3n) is 4.86. The molecule has 3 aromatic heterocycles. The molecule has 1 aliphatic rings.